The van der Waals surface area contributed by atoms with Gasteiger partial charge in [-0.25, -0.2) is 0 Å². The van der Waals surface area contributed by atoms with Crippen LogP contribution in [0.25, 0.3) is 0 Å². The first-order valence-electron chi connectivity index (χ1n) is 7.46. The van der Waals surface area contributed by atoms with Crippen LogP contribution in [0.15, 0.2) is 60.3 Å². The highest BCUT2D eigenvalue weighted by atomic mass is 16.3. The molecule has 0 saturated carbocycles. The number of nitrogens with zero attached hydrogens (tertiary/aromatic N) is 4. The number of hydrogen-bond acceptors (Lipinski definition) is 3. The molecule has 1 aromatic heterocycles. The summed E-state index contributed by atoms with van der Waals surface area (Å²) >= 11 is 0. The van der Waals surface area contributed by atoms with Crippen molar-refractivity contribution >= 4 is 12.1 Å². The molecule has 2 aliphatic rings. The van der Waals surface area contributed by atoms with E-state index in [1.165, 1.54) is 0 Å². The molecule has 0 aliphatic carbocycles. The third-order valence-electron chi connectivity index (χ3n) is 4.40. The number of carbonyl (C=O) groups is 1. The Hall–Kier alpha value is -2.86. The Morgan fingerprint density at radius 2 is 2.13 bits per heavy atom. The third-order valence-corrected chi connectivity index (χ3v) is 4.40. The number of aliphatic hydroxyl groups excluding tert-OH is 1. The maximum Gasteiger partial charge on any atom is 0.214 e. The molecule has 1 aromatic carbocycles. The predicted molar refractivity (Wildman–Crippen MR) is 86.8 cm³/mol. The molecular formula is C17H17N4O2+. The number of aromatic nitrogens is 2. The lowest BCUT2D eigenvalue weighted by Gasteiger charge is -2.30. The number of rotatable bonds is 2. The molecule has 4 rings (SSSR count). The van der Waals surface area contributed by atoms with Crippen molar-refractivity contribution in [3.8, 4) is 0 Å². The molecule has 1 amide bonds. The highest BCUT2D eigenvalue weighted by Gasteiger charge is 2.44. The number of allylic oxidation sites excluding steroid dienone is 1. The normalized spacial score (nSPS) is 22.7. The van der Waals surface area contributed by atoms with E-state index in [2.05, 4.69) is 5.10 Å². The molecule has 0 spiro atoms. The molecule has 2 aromatic rings. The zero-order valence-electron chi connectivity index (χ0n) is 12.8. The van der Waals surface area contributed by atoms with Crippen LogP contribution in [0.4, 0.5) is 5.69 Å². The number of benzene rings is 1. The van der Waals surface area contributed by atoms with E-state index in [0.29, 0.717) is 13.1 Å². The lowest BCUT2D eigenvalue weighted by atomic mass is 10.1. The van der Waals surface area contributed by atoms with Crippen LogP contribution in [0.1, 0.15) is 11.3 Å². The van der Waals surface area contributed by atoms with E-state index >= 15 is 0 Å². The maximum absolute atomic E-state index is 11.6. The number of carbonyl (C=O) groups excluding carboxylic acids is 1. The molecule has 3 heterocycles. The van der Waals surface area contributed by atoms with Gasteiger partial charge in [0.15, 0.2) is 17.7 Å². The van der Waals surface area contributed by atoms with E-state index in [1.54, 1.807) is 17.2 Å². The molecule has 6 nitrogen and oxygen atoms in total. The second-order valence-electron chi connectivity index (χ2n) is 5.91. The zero-order chi connectivity index (χ0) is 16.0. The van der Waals surface area contributed by atoms with Gasteiger partial charge in [0, 0.05) is 11.6 Å². The van der Waals surface area contributed by atoms with Crippen molar-refractivity contribution in [3.63, 3.8) is 0 Å². The number of fused-ring (bicyclic) bond motifs is 2. The van der Waals surface area contributed by atoms with Gasteiger partial charge in [-0.2, -0.15) is 0 Å². The van der Waals surface area contributed by atoms with Crippen molar-refractivity contribution in [2.24, 2.45) is 0 Å². The zero-order valence-corrected chi connectivity index (χ0v) is 12.8. The van der Waals surface area contributed by atoms with Crippen LogP contribution >= 0.6 is 0 Å². The standard InChI is InChI=1S/C17H16N4O2/c1-13-6-7-20(18-13)21-10-14-4-2-3-5-17(14)19(12-22)9-15(21)8-16(23)11-21/h2-8,11-12H,9-10H2,1H3/p+1. The van der Waals surface area contributed by atoms with Crippen molar-refractivity contribution in [1.82, 2.24) is 14.5 Å². The van der Waals surface area contributed by atoms with E-state index in [9.17, 15) is 9.90 Å². The molecule has 1 N–H and O–H groups in total. The summed E-state index contributed by atoms with van der Waals surface area (Å²) < 4.78 is 0.251. The molecule has 0 fully saturated rings. The van der Waals surface area contributed by atoms with E-state index in [0.717, 1.165) is 29.1 Å². The van der Waals surface area contributed by atoms with Crippen molar-refractivity contribution in [2.75, 3.05) is 11.4 Å². The van der Waals surface area contributed by atoms with Crippen LogP contribution in [-0.2, 0) is 11.3 Å². The highest BCUT2D eigenvalue weighted by molar-refractivity contribution is 5.79. The first kappa shape index (κ1) is 13.8. The first-order valence-corrected chi connectivity index (χ1v) is 7.46. The minimum Gasteiger partial charge on any atom is -0.503 e. The number of para-hydroxylation sites is 1. The van der Waals surface area contributed by atoms with Gasteiger partial charge in [-0.3, -0.25) is 4.79 Å². The average molecular weight is 309 g/mol. The number of amides is 1. The number of aryl methyl sites for hydroxylation is 1. The number of quaternary nitrogens is 1. The number of hydrogen-bond donors (Lipinski definition) is 1. The second-order valence-corrected chi connectivity index (χ2v) is 5.91. The molecule has 6 heteroatoms. The van der Waals surface area contributed by atoms with Gasteiger partial charge >= 0.3 is 0 Å². The Bertz CT molecular complexity index is 852. The minimum absolute atomic E-state index is 0.193. The van der Waals surface area contributed by atoms with E-state index < -0.39 is 0 Å². The first-order chi connectivity index (χ1) is 11.1. The van der Waals surface area contributed by atoms with Crippen LogP contribution in [0.3, 0.4) is 0 Å². The molecule has 23 heavy (non-hydrogen) atoms. The Morgan fingerprint density at radius 3 is 2.87 bits per heavy atom. The van der Waals surface area contributed by atoms with Gasteiger partial charge in [0.25, 0.3) is 0 Å². The molecule has 0 bridgehead atoms. The molecular weight excluding hydrogens is 292 g/mol. The van der Waals surface area contributed by atoms with Gasteiger partial charge in [-0.15, -0.1) is 14.5 Å². The molecule has 0 saturated heterocycles. The van der Waals surface area contributed by atoms with Crippen LogP contribution < -0.4 is 9.49 Å². The van der Waals surface area contributed by atoms with Crippen molar-refractivity contribution in [3.05, 3.63) is 71.5 Å². The molecule has 2 aliphatic heterocycles. The fourth-order valence-electron chi connectivity index (χ4n) is 3.34. The Morgan fingerprint density at radius 1 is 1.30 bits per heavy atom. The van der Waals surface area contributed by atoms with E-state index in [4.69, 9.17) is 0 Å². The van der Waals surface area contributed by atoms with Gasteiger partial charge in [0.05, 0.1) is 17.6 Å². The summed E-state index contributed by atoms with van der Waals surface area (Å²) in [5, 5.41) is 14.7. The number of aliphatic hydroxyl groups is 1. The highest BCUT2D eigenvalue weighted by Crippen LogP contribution is 2.35. The summed E-state index contributed by atoms with van der Waals surface area (Å²) in [5.41, 5.74) is 3.73. The van der Waals surface area contributed by atoms with Crippen LogP contribution in [0.2, 0.25) is 0 Å². The Labute approximate surface area is 133 Å². The molecule has 0 radical (unpaired) electrons. The van der Waals surface area contributed by atoms with Crippen molar-refractivity contribution in [1.29, 1.82) is 0 Å². The minimum atomic E-state index is 0.193. The molecule has 1 unspecified atom stereocenters. The Balaban J connectivity index is 1.94. The number of anilines is 1. The Kier molecular flexibility index (Phi) is 2.89. The fraction of sp³-hybridized carbons (Fsp3) is 0.176. The summed E-state index contributed by atoms with van der Waals surface area (Å²) in [4.78, 5) is 15.1. The summed E-state index contributed by atoms with van der Waals surface area (Å²) in [6.45, 7) is 2.92. The molecule has 1 atom stereocenters. The van der Waals surface area contributed by atoms with Gasteiger partial charge in [0.2, 0.25) is 6.41 Å². The second kappa shape index (κ2) is 4.82. The van der Waals surface area contributed by atoms with Gasteiger partial charge in [-0.1, -0.05) is 18.2 Å². The smallest absolute Gasteiger partial charge is 0.214 e. The van der Waals surface area contributed by atoms with E-state index in [-0.39, 0.29) is 10.4 Å². The van der Waals surface area contributed by atoms with Crippen molar-refractivity contribution < 1.29 is 9.90 Å². The largest absolute Gasteiger partial charge is 0.503 e. The van der Waals surface area contributed by atoms with Crippen LogP contribution in [0.5, 0.6) is 0 Å². The summed E-state index contributed by atoms with van der Waals surface area (Å²) in [7, 11) is 0. The predicted octanol–water partition coefficient (Wildman–Crippen LogP) is 2.10. The van der Waals surface area contributed by atoms with Crippen LogP contribution in [0, 0.1) is 6.92 Å². The van der Waals surface area contributed by atoms with E-state index in [1.807, 2.05) is 48.2 Å². The monoisotopic (exact) mass is 309 g/mol. The lowest BCUT2D eigenvalue weighted by Crippen LogP contribution is -2.51. The van der Waals surface area contributed by atoms with Crippen molar-refractivity contribution in [2.45, 2.75) is 13.5 Å². The summed E-state index contributed by atoms with van der Waals surface area (Å²) in [6.07, 6.45) is 6.23. The third kappa shape index (κ3) is 1.99. The lowest BCUT2D eigenvalue weighted by molar-refractivity contribution is -0.107. The van der Waals surface area contributed by atoms with Gasteiger partial charge in [-0.05, 0) is 19.1 Å². The summed E-state index contributed by atoms with van der Waals surface area (Å²) in [5.74, 6) is 0.193. The summed E-state index contributed by atoms with van der Waals surface area (Å²) in [6, 6.07) is 9.77. The van der Waals surface area contributed by atoms with Crippen LogP contribution in [-0.4, -0.2) is 28.0 Å². The molecule has 116 valence electrons. The van der Waals surface area contributed by atoms with Gasteiger partial charge < -0.3 is 10.0 Å². The van der Waals surface area contributed by atoms with Gasteiger partial charge in [0.1, 0.15) is 13.1 Å². The maximum atomic E-state index is 11.6. The quantitative estimate of drug-likeness (QED) is 0.683. The topological polar surface area (TPSA) is 58.4 Å². The SMILES string of the molecule is Cc1ccn([N+]23C=C(O)C=C2CN(C=O)c2ccccc2C3)n1. The fourth-order valence-corrected chi connectivity index (χ4v) is 3.34. The average Bonchev–Trinajstić information content (AvgIpc) is 3.07.